The minimum Gasteiger partial charge on any atom is -0.390 e. The van der Waals surface area contributed by atoms with Gasteiger partial charge >= 0.3 is 5.76 Å². The summed E-state index contributed by atoms with van der Waals surface area (Å²) in [6, 6.07) is 0. The first-order chi connectivity index (χ1) is 6.09. The molecule has 13 heavy (non-hydrogen) atoms. The Morgan fingerprint density at radius 2 is 2.46 bits per heavy atom. The lowest BCUT2D eigenvalue weighted by Crippen LogP contribution is -2.12. The van der Waals surface area contributed by atoms with Gasteiger partial charge in [-0.3, -0.25) is 4.79 Å². The van der Waals surface area contributed by atoms with E-state index in [1.165, 1.54) is 0 Å². The molecule has 4 N–H and O–H groups in total. The van der Waals surface area contributed by atoms with Crippen molar-refractivity contribution >= 4 is 5.91 Å². The molecule has 1 heterocycles. The highest BCUT2D eigenvalue weighted by molar-refractivity contribution is 5.73. The van der Waals surface area contributed by atoms with Crippen LogP contribution in [0.15, 0.2) is 9.21 Å². The number of amides is 1. The van der Waals surface area contributed by atoms with Gasteiger partial charge in [-0.2, -0.15) is 0 Å². The van der Waals surface area contributed by atoms with Crippen molar-refractivity contribution in [2.45, 2.75) is 18.9 Å². The maximum absolute atomic E-state index is 10.4. The zero-order chi connectivity index (χ0) is 9.84. The van der Waals surface area contributed by atoms with Gasteiger partial charge in [-0.15, -0.1) is 5.10 Å². The molecule has 0 bridgehead atoms. The van der Waals surface area contributed by atoms with E-state index >= 15 is 0 Å². The minimum absolute atomic E-state index is 0.0116. The van der Waals surface area contributed by atoms with Gasteiger partial charge in [0.2, 0.25) is 11.8 Å². The van der Waals surface area contributed by atoms with Gasteiger partial charge in [-0.25, -0.2) is 9.89 Å². The van der Waals surface area contributed by atoms with Gasteiger partial charge in [0, 0.05) is 6.42 Å². The molecule has 1 rings (SSSR count). The molecule has 7 heteroatoms. The predicted octanol–water partition coefficient (Wildman–Crippen LogP) is -1.34. The first-order valence-electron chi connectivity index (χ1n) is 3.61. The van der Waals surface area contributed by atoms with Gasteiger partial charge in [0.15, 0.2) is 0 Å². The van der Waals surface area contributed by atoms with Crippen molar-refractivity contribution in [1.29, 1.82) is 0 Å². The molecule has 1 amide bonds. The fourth-order valence-electron chi connectivity index (χ4n) is 0.786. The molecule has 0 aliphatic carbocycles. The first-order valence-corrected chi connectivity index (χ1v) is 3.61. The van der Waals surface area contributed by atoms with Crippen molar-refractivity contribution in [2.24, 2.45) is 5.73 Å². The SMILES string of the molecule is NC(=O)CCC(O)c1n[nH]c(=O)o1. The highest BCUT2D eigenvalue weighted by Crippen LogP contribution is 2.13. The fourth-order valence-corrected chi connectivity index (χ4v) is 0.786. The first kappa shape index (κ1) is 9.46. The molecule has 0 saturated heterocycles. The second-order valence-electron chi connectivity index (χ2n) is 2.47. The van der Waals surface area contributed by atoms with Gasteiger partial charge in [-0.1, -0.05) is 0 Å². The molecule has 0 aliphatic rings. The zero-order valence-electron chi connectivity index (χ0n) is 6.69. The number of nitrogens with zero attached hydrogens (tertiary/aromatic N) is 1. The van der Waals surface area contributed by atoms with Gasteiger partial charge in [0.1, 0.15) is 6.10 Å². The Bertz CT molecular complexity index is 342. The molecule has 72 valence electrons. The molecule has 0 spiro atoms. The van der Waals surface area contributed by atoms with Crippen molar-refractivity contribution in [3.05, 3.63) is 16.4 Å². The van der Waals surface area contributed by atoms with Crippen molar-refractivity contribution < 1.29 is 14.3 Å². The van der Waals surface area contributed by atoms with Crippen LogP contribution in [-0.4, -0.2) is 21.2 Å². The van der Waals surface area contributed by atoms with Crippen molar-refractivity contribution in [1.82, 2.24) is 10.2 Å². The number of H-pyrrole nitrogens is 1. The van der Waals surface area contributed by atoms with E-state index < -0.39 is 17.8 Å². The van der Waals surface area contributed by atoms with Crippen molar-refractivity contribution in [3.63, 3.8) is 0 Å². The van der Waals surface area contributed by atoms with E-state index in [1.807, 2.05) is 5.10 Å². The summed E-state index contributed by atoms with van der Waals surface area (Å²) in [5, 5.41) is 14.6. The Labute approximate surface area is 72.6 Å². The number of hydrogen-bond acceptors (Lipinski definition) is 5. The van der Waals surface area contributed by atoms with Gasteiger partial charge in [-0.05, 0) is 6.42 Å². The smallest absolute Gasteiger partial charge is 0.390 e. The predicted molar refractivity (Wildman–Crippen MR) is 40.5 cm³/mol. The highest BCUT2D eigenvalue weighted by atomic mass is 16.4. The van der Waals surface area contributed by atoms with E-state index in [0.717, 1.165) is 0 Å². The summed E-state index contributed by atoms with van der Waals surface area (Å²) in [6.07, 6.45) is -0.979. The van der Waals surface area contributed by atoms with E-state index in [2.05, 4.69) is 9.52 Å². The minimum atomic E-state index is -1.08. The number of aromatic nitrogens is 2. The number of rotatable bonds is 4. The number of carbonyl (C=O) groups excluding carboxylic acids is 1. The second-order valence-corrected chi connectivity index (χ2v) is 2.47. The number of nitrogens with one attached hydrogen (secondary N) is 1. The number of nitrogens with two attached hydrogens (primary N) is 1. The number of hydrogen-bond donors (Lipinski definition) is 3. The van der Waals surface area contributed by atoms with Gasteiger partial charge < -0.3 is 15.3 Å². The molecular weight excluding hydrogens is 178 g/mol. The number of primary amides is 1. The maximum atomic E-state index is 10.4. The van der Waals surface area contributed by atoms with Crippen LogP contribution in [0.2, 0.25) is 0 Å². The lowest BCUT2D eigenvalue weighted by molar-refractivity contribution is -0.118. The third-order valence-corrected chi connectivity index (χ3v) is 1.40. The summed E-state index contributed by atoms with van der Waals surface area (Å²) in [4.78, 5) is 20.8. The van der Waals surface area contributed by atoms with Crippen LogP contribution in [0.3, 0.4) is 0 Å². The lowest BCUT2D eigenvalue weighted by atomic mass is 10.2. The molecule has 0 radical (unpaired) electrons. The summed E-state index contributed by atoms with van der Waals surface area (Å²) in [6.45, 7) is 0. The standard InChI is InChI=1S/C6H9N3O4/c7-4(11)2-1-3(10)5-8-9-6(12)13-5/h3,10H,1-2H2,(H2,7,11)(H,9,12). The fraction of sp³-hybridized carbons (Fsp3) is 0.500. The van der Waals surface area contributed by atoms with E-state index in [4.69, 9.17) is 5.73 Å². The second kappa shape index (κ2) is 3.85. The highest BCUT2D eigenvalue weighted by Gasteiger charge is 2.14. The van der Waals surface area contributed by atoms with Crippen LogP contribution in [0.25, 0.3) is 0 Å². The van der Waals surface area contributed by atoms with Gasteiger partial charge in [0.05, 0.1) is 0 Å². The molecule has 1 atom stereocenters. The molecule has 0 aliphatic heterocycles. The van der Waals surface area contributed by atoms with Crippen LogP contribution in [0, 0.1) is 0 Å². The topological polar surface area (TPSA) is 122 Å². The van der Waals surface area contributed by atoms with Crippen molar-refractivity contribution in [2.75, 3.05) is 0 Å². The molecule has 1 aromatic heterocycles. The quantitative estimate of drug-likeness (QED) is 0.538. The summed E-state index contributed by atoms with van der Waals surface area (Å²) in [7, 11) is 0. The van der Waals surface area contributed by atoms with Crippen LogP contribution in [0.4, 0.5) is 0 Å². The summed E-state index contributed by atoms with van der Waals surface area (Å²) in [5.74, 6) is -1.41. The Morgan fingerprint density at radius 3 is 2.92 bits per heavy atom. The van der Waals surface area contributed by atoms with Crippen LogP contribution in [-0.2, 0) is 4.79 Å². The monoisotopic (exact) mass is 187 g/mol. The Hall–Kier alpha value is -1.63. The number of aliphatic hydroxyl groups is 1. The van der Waals surface area contributed by atoms with Gasteiger partial charge in [0.25, 0.3) is 0 Å². The molecule has 0 saturated carbocycles. The molecule has 0 aromatic carbocycles. The molecule has 0 fully saturated rings. The van der Waals surface area contributed by atoms with E-state index in [0.29, 0.717) is 0 Å². The van der Waals surface area contributed by atoms with Crippen molar-refractivity contribution in [3.8, 4) is 0 Å². The third-order valence-electron chi connectivity index (χ3n) is 1.40. The average Bonchev–Trinajstić information content (AvgIpc) is 2.47. The van der Waals surface area contributed by atoms with Crippen LogP contribution >= 0.6 is 0 Å². The summed E-state index contributed by atoms with van der Waals surface area (Å²) in [5.41, 5.74) is 4.85. The average molecular weight is 187 g/mol. The van der Waals surface area contributed by atoms with E-state index in [9.17, 15) is 14.7 Å². The Morgan fingerprint density at radius 1 is 1.77 bits per heavy atom. The number of carbonyl (C=O) groups is 1. The van der Waals surface area contributed by atoms with Crippen LogP contribution in [0.1, 0.15) is 24.8 Å². The maximum Gasteiger partial charge on any atom is 0.434 e. The molecule has 7 nitrogen and oxygen atoms in total. The van der Waals surface area contributed by atoms with E-state index in [-0.39, 0.29) is 18.7 Å². The number of aliphatic hydroxyl groups excluding tert-OH is 1. The summed E-state index contributed by atoms with van der Waals surface area (Å²) >= 11 is 0. The molecular formula is C6H9N3O4. The zero-order valence-corrected chi connectivity index (χ0v) is 6.69. The molecule has 1 unspecified atom stereocenters. The third kappa shape index (κ3) is 2.71. The normalized spacial score (nSPS) is 12.7. The van der Waals surface area contributed by atoms with Crippen LogP contribution < -0.4 is 11.5 Å². The largest absolute Gasteiger partial charge is 0.434 e. The summed E-state index contributed by atoms with van der Waals surface area (Å²) < 4.78 is 4.45. The molecule has 1 aromatic rings. The number of aromatic amines is 1. The van der Waals surface area contributed by atoms with Crippen LogP contribution in [0.5, 0.6) is 0 Å². The Kier molecular flexibility index (Phi) is 2.80. The van der Waals surface area contributed by atoms with E-state index in [1.54, 1.807) is 0 Å². The Balaban J connectivity index is 2.53. The lowest BCUT2D eigenvalue weighted by Gasteiger charge is -2.01.